The zero-order valence-corrected chi connectivity index (χ0v) is 11.9. The molecule has 0 radical (unpaired) electrons. The van der Waals surface area contributed by atoms with E-state index in [9.17, 15) is 4.79 Å². The average molecular weight is 273 g/mol. The number of carbonyl (C=O) groups excluding carboxylic acids is 1. The topological polar surface area (TPSA) is 78.2 Å². The minimum absolute atomic E-state index is 0.115. The summed E-state index contributed by atoms with van der Waals surface area (Å²) in [7, 11) is 0. The van der Waals surface area contributed by atoms with Gasteiger partial charge in [0, 0.05) is 5.56 Å². The molecular formula is C14H19N5O. The highest BCUT2D eigenvalue weighted by molar-refractivity contribution is 6.07. The lowest BCUT2D eigenvalue weighted by Gasteiger charge is -2.21. The van der Waals surface area contributed by atoms with Crippen LogP contribution in [0.25, 0.3) is 0 Å². The van der Waals surface area contributed by atoms with Gasteiger partial charge in [0.25, 0.3) is 0 Å². The molecule has 1 aliphatic rings. The van der Waals surface area contributed by atoms with Gasteiger partial charge in [-0.2, -0.15) is 15.3 Å². The highest BCUT2D eigenvalue weighted by Crippen LogP contribution is 2.16. The molecule has 1 aromatic carbocycles. The smallest absolute Gasteiger partial charge is 0.328 e. The molecule has 1 aromatic rings. The van der Waals surface area contributed by atoms with Crippen LogP contribution >= 0.6 is 0 Å². The molecule has 20 heavy (non-hydrogen) atoms. The largest absolute Gasteiger partial charge is 0.335 e. The molecule has 0 aromatic heterocycles. The van der Waals surface area contributed by atoms with Crippen molar-refractivity contribution in [2.75, 3.05) is 0 Å². The zero-order valence-electron chi connectivity index (χ0n) is 11.9. The summed E-state index contributed by atoms with van der Waals surface area (Å²) < 4.78 is 0. The maximum absolute atomic E-state index is 11.1. The molecule has 0 bridgehead atoms. The van der Waals surface area contributed by atoms with Gasteiger partial charge in [-0.25, -0.2) is 10.2 Å². The second-order valence-corrected chi connectivity index (χ2v) is 4.82. The molecule has 0 spiro atoms. The van der Waals surface area contributed by atoms with Crippen molar-refractivity contribution in [2.24, 2.45) is 15.3 Å². The van der Waals surface area contributed by atoms with Crippen LogP contribution in [0.15, 0.2) is 39.6 Å². The van der Waals surface area contributed by atoms with Crippen molar-refractivity contribution in [2.45, 2.75) is 39.3 Å². The molecule has 6 heteroatoms. The Balaban J connectivity index is 2.12. The van der Waals surface area contributed by atoms with Gasteiger partial charge in [0.05, 0.1) is 23.5 Å². The summed E-state index contributed by atoms with van der Waals surface area (Å²) >= 11 is 0. The van der Waals surface area contributed by atoms with E-state index in [1.807, 2.05) is 38.1 Å². The Morgan fingerprint density at radius 1 is 1.35 bits per heavy atom. The van der Waals surface area contributed by atoms with Gasteiger partial charge in [0.15, 0.2) is 0 Å². The van der Waals surface area contributed by atoms with Crippen LogP contribution in [0.4, 0.5) is 10.5 Å². The zero-order chi connectivity index (χ0) is 14.5. The van der Waals surface area contributed by atoms with E-state index in [1.54, 1.807) is 0 Å². The van der Waals surface area contributed by atoms with Gasteiger partial charge in [0.1, 0.15) is 0 Å². The molecule has 2 unspecified atom stereocenters. The lowest BCUT2D eigenvalue weighted by Crippen LogP contribution is -2.48. The average Bonchev–Trinajstić information content (AvgIpc) is 2.45. The van der Waals surface area contributed by atoms with Crippen LogP contribution in [-0.4, -0.2) is 23.8 Å². The molecule has 1 heterocycles. The summed E-state index contributed by atoms with van der Waals surface area (Å²) in [6.07, 6.45) is 0.973. The van der Waals surface area contributed by atoms with E-state index in [0.29, 0.717) is 0 Å². The Bertz CT molecular complexity index is 535. The summed E-state index contributed by atoms with van der Waals surface area (Å²) in [5.41, 5.74) is 4.99. The Morgan fingerprint density at radius 2 is 2.05 bits per heavy atom. The first-order chi connectivity index (χ1) is 9.60. The maximum Gasteiger partial charge on any atom is 0.335 e. The first kappa shape index (κ1) is 14.2. The lowest BCUT2D eigenvalue weighted by atomic mass is 10.0. The van der Waals surface area contributed by atoms with Gasteiger partial charge in [0.2, 0.25) is 0 Å². The van der Waals surface area contributed by atoms with Gasteiger partial charge >= 0.3 is 6.03 Å². The third-order valence-corrected chi connectivity index (χ3v) is 3.16. The number of hydrogen-bond donors (Lipinski definition) is 2. The Hall–Kier alpha value is -2.24. The molecule has 2 amide bonds. The summed E-state index contributed by atoms with van der Waals surface area (Å²) in [5, 5.41) is 15.2. The number of hydrogen-bond acceptors (Lipinski definition) is 4. The first-order valence-electron chi connectivity index (χ1n) is 6.75. The molecule has 2 atom stereocenters. The van der Waals surface area contributed by atoms with Crippen LogP contribution in [0.5, 0.6) is 0 Å². The van der Waals surface area contributed by atoms with Crippen LogP contribution in [0.3, 0.4) is 0 Å². The van der Waals surface area contributed by atoms with Crippen LogP contribution < -0.4 is 10.7 Å². The van der Waals surface area contributed by atoms with Crippen molar-refractivity contribution in [1.82, 2.24) is 10.7 Å². The van der Waals surface area contributed by atoms with E-state index in [1.165, 1.54) is 0 Å². The minimum atomic E-state index is -0.278. The van der Waals surface area contributed by atoms with E-state index in [2.05, 4.69) is 33.0 Å². The van der Waals surface area contributed by atoms with E-state index in [4.69, 9.17) is 0 Å². The standard InChI is InChI=1S/C14H19N5O/c1-4-9(2)16-17-12-7-5-11(6-8-12)13-10(3)15-14(20)19-18-13/h5-10H,4H2,1-3H3,(H2,15,19,20). The number of nitrogens with one attached hydrogen (secondary N) is 2. The monoisotopic (exact) mass is 273 g/mol. The van der Waals surface area contributed by atoms with Crippen LogP contribution in [0.1, 0.15) is 32.8 Å². The molecule has 0 saturated carbocycles. The number of nitrogens with zero attached hydrogens (tertiary/aromatic N) is 3. The fraction of sp³-hybridized carbons (Fsp3) is 0.429. The molecule has 0 saturated heterocycles. The second-order valence-electron chi connectivity index (χ2n) is 4.82. The summed E-state index contributed by atoms with van der Waals surface area (Å²) in [6.45, 7) is 6.01. The van der Waals surface area contributed by atoms with Gasteiger partial charge in [-0.05, 0) is 32.4 Å². The number of benzene rings is 1. The second kappa shape index (κ2) is 6.27. The third-order valence-electron chi connectivity index (χ3n) is 3.16. The quantitative estimate of drug-likeness (QED) is 0.813. The summed E-state index contributed by atoms with van der Waals surface area (Å²) in [5.74, 6) is 0. The fourth-order valence-electron chi connectivity index (χ4n) is 1.77. The Morgan fingerprint density at radius 3 is 2.65 bits per heavy atom. The number of hydrazone groups is 1. The molecule has 2 N–H and O–H groups in total. The van der Waals surface area contributed by atoms with Gasteiger partial charge in [-0.1, -0.05) is 19.1 Å². The number of rotatable bonds is 4. The number of azo groups is 1. The van der Waals surface area contributed by atoms with Crippen molar-refractivity contribution in [3.63, 3.8) is 0 Å². The fourth-order valence-corrected chi connectivity index (χ4v) is 1.77. The van der Waals surface area contributed by atoms with Crippen molar-refractivity contribution in [1.29, 1.82) is 0 Å². The lowest BCUT2D eigenvalue weighted by molar-refractivity contribution is 0.239. The number of urea groups is 1. The normalized spacial score (nSPS) is 20.2. The SMILES string of the molecule is CCC(C)N=Nc1ccc(C2=NNC(=O)NC2C)cc1. The van der Waals surface area contributed by atoms with Crippen LogP contribution in [0, 0.1) is 0 Å². The predicted molar refractivity (Wildman–Crippen MR) is 78.4 cm³/mol. The molecule has 1 aliphatic heterocycles. The van der Waals surface area contributed by atoms with E-state index in [-0.39, 0.29) is 18.1 Å². The van der Waals surface area contributed by atoms with Gasteiger partial charge < -0.3 is 5.32 Å². The molecule has 0 fully saturated rings. The number of carbonyl (C=O) groups is 1. The highest BCUT2D eigenvalue weighted by Gasteiger charge is 2.19. The Kier molecular flexibility index (Phi) is 4.45. The van der Waals surface area contributed by atoms with Crippen molar-refractivity contribution in [3.05, 3.63) is 29.8 Å². The summed E-state index contributed by atoms with van der Waals surface area (Å²) in [4.78, 5) is 11.1. The first-order valence-corrected chi connectivity index (χ1v) is 6.75. The molecule has 106 valence electrons. The summed E-state index contributed by atoms with van der Waals surface area (Å²) in [6, 6.07) is 7.49. The van der Waals surface area contributed by atoms with Crippen LogP contribution in [0.2, 0.25) is 0 Å². The molecule has 6 nitrogen and oxygen atoms in total. The third kappa shape index (κ3) is 3.40. The Labute approximate surface area is 118 Å². The predicted octanol–water partition coefficient (Wildman–Crippen LogP) is 2.97. The van der Waals surface area contributed by atoms with Gasteiger partial charge in [-0.15, -0.1) is 0 Å². The van der Waals surface area contributed by atoms with Crippen LogP contribution in [-0.2, 0) is 0 Å². The number of amides is 2. The molecule has 0 aliphatic carbocycles. The van der Waals surface area contributed by atoms with E-state index in [0.717, 1.165) is 23.4 Å². The van der Waals surface area contributed by atoms with Crippen molar-refractivity contribution >= 4 is 17.4 Å². The van der Waals surface area contributed by atoms with Gasteiger partial charge in [-0.3, -0.25) is 0 Å². The van der Waals surface area contributed by atoms with E-state index < -0.39 is 0 Å². The molecular weight excluding hydrogens is 254 g/mol. The van der Waals surface area contributed by atoms with Crippen molar-refractivity contribution < 1.29 is 4.79 Å². The maximum atomic E-state index is 11.1. The minimum Gasteiger partial charge on any atom is -0.328 e. The highest BCUT2D eigenvalue weighted by atomic mass is 16.2. The molecule has 2 rings (SSSR count). The van der Waals surface area contributed by atoms with E-state index >= 15 is 0 Å². The van der Waals surface area contributed by atoms with Crippen molar-refractivity contribution in [3.8, 4) is 0 Å².